The summed E-state index contributed by atoms with van der Waals surface area (Å²) in [6.45, 7) is 6.77. The highest BCUT2D eigenvalue weighted by atomic mass is 32.2. The molecule has 1 aliphatic rings. The van der Waals surface area contributed by atoms with Crippen LogP contribution in [0.3, 0.4) is 0 Å². The number of thioether (sulfide) groups is 1. The lowest BCUT2D eigenvalue weighted by Gasteiger charge is -2.26. The summed E-state index contributed by atoms with van der Waals surface area (Å²) in [5, 5.41) is 3.76. The Balaban J connectivity index is 1.93. The monoisotopic (exact) mass is 263 g/mol. The molecule has 2 atom stereocenters. The van der Waals surface area contributed by atoms with E-state index in [9.17, 15) is 0 Å². The van der Waals surface area contributed by atoms with Gasteiger partial charge in [-0.2, -0.15) is 11.8 Å². The molecule has 1 saturated heterocycles. The molecule has 100 valence electrons. The molecule has 2 heteroatoms. The third-order valence-electron chi connectivity index (χ3n) is 3.75. The van der Waals surface area contributed by atoms with Crippen molar-refractivity contribution in [2.45, 2.75) is 51.6 Å². The Bertz CT molecular complexity index is 352. The fraction of sp³-hybridized carbons (Fsp3) is 0.625. The minimum atomic E-state index is 0.468. The van der Waals surface area contributed by atoms with Gasteiger partial charge in [0.2, 0.25) is 0 Å². The molecule has 0 amide bonds. The Kier molecular flexibility index (Phi) is 5.13. The SMILES string of the molecule is CC(C)c1ccc(C(C)NC2CCCSC2)cc1. The van der Waals surface area contributed by atoms with Gasteiger partial charge in [-0.3, -0.25) is 0 Å². The zero-order valence-electron chi connectivity index (χ0n) is 11.8. The minimum Gasteiger partial charge on any atom is -0.307 e. The third kappa shape index (κ3) is 3.76. The summed E-state index contributed by atoms with van der Waals surface area (Å²) in [4.78, 5) is 0. The Hall–Kier alpha value is -0.470. The van der Waals surface area contributed by atoms with Crippen LogP contribution in [0.4, 0.5) is 0 Å². The van der Waals surface area contributed by atoms with E-state index in [1.54, 1.807) is 0 Å². The van der Waals surface area contributed by atoms with E-state index in [1.165, 1.54) is 35.5 Å². The van der Waals surface area contributed by atoms with E-state index in [4.69, 9.17) is 0 Å². The first-order valence-electron chi connectivity index (χ1n) is 7.10. The predicted molar refractivity (Wildman–Crippen MR) is 82.4 cm³/mol. The van der Waals surface area contributed by atoms with Crippen LogP contribution >= 0.6 is 11.8 Å². The molecule has 1 nitrogen and oxygen atoms in total. The Morgan fingerprint density at radius 2 is 1.78 bits per heavy atom. The highest BCUT2D eigenvalue weighted by molar-refractivity contribution is 7.99. The van der Waals surface area contributed by atoms with Crippen molar-refractivity contribution in [1.29, 1.82) is 0 Å². The average Bonchev–Trinajstić information content (AvgIpc) is 2.40. The van der Waals surface area contributed by atoms with Crippen LogP contribution in [-0.4, -0.2) is 17.5 Å². The number of nitrogens with one attached hydrogen (secondary N) is 1. The largest absolute Gasteiger partial charge is 0.307 e. The summed E-state index contributed by atoms with van der Waals surface area (Å²) in [6, 6.07) is 10.3. The second-order valence-electron chi connectivity index (χ2n) is 5.62. The van der Waals surface area contributed by atoms with Crippen molar-refractivity contribution in [2.24, 2.45) is 0 Å². The van der Waals surface area contributed by atoms with E-state index < -0.39 is 0 Å². The van der Waals surface area contributed by atoms with Crippen LogP contribution < -0.4 is 5.32 Å². The second-order valence-corrected chi connectivity index (χ2v) is 6.77. The number of hydrogen-bond donors (Lipinski definition) is 1. The Labute approximate surface area is 116 Å². The normalized spacial score (nSPS) is 22.1. The van der Waals surface area contributed by atoms with E-state index in [0.29, 0.717) is 18.0 Å². The van der Waals surface area contributed by atoms with E-state index in [1.807, 2.05) is 0 Å². The predicted octanol–water partition coefficient (Wildman–Crippen LogP) is 4.36. The lowest BCUT2D eigenvalue weighted by molar-refractivity contribution is 0.452. The van der Waals surface area contributed by atoms with Crippen LogP contribution in [0.2, 0.25) is 0 Å². The zero-order valence-corrected chi connectivity index (χ0v) is 12.6. The molecule has 0 saturated carbocycles. The van der Waals surface area contributed by atoms with Gasteiger partial charge in [0.1, 0.15) is 0 Å². The summed E-state index contributed by atoms with van der Waals surface area (Å²) in [7, 11) is 0. The number of rotatable bonds is 4. The van der Waals surface area contributed by atoms with Gasteiger partial charge in [0.05, 0.1) is 0 Å². The fourth-order valence-corrected chi connectivity index (χ4v) is 3.58. The van der Waals surface area contributed by atoms with Gasteiger partial charge in [0.25, 0.3) is 0 Å². The molecule has 0 aliphatic carbocycles. The third-order valence-corrected chi connectivity index (χ3v) is 4.96. The van der Waals surface area contributed by atoms with Crippen LogP contribution in [0.5, 0.6) is 0 Å². The molecule has 18 heavy (non-hydrogen) atoms. The van der Waals surface area contributed by atoms with Gasteiger partial charge >= 0.3 is 0 Å². The van der Waals surface area contributed by atoms with Crippen molar-refractivity contribution in [3.05, 3.63) is 35.4 Å². The van der Waals surface area contributed by atoms with Gasteiger partial charge < -0.3 is 5.32 Å². The summed E-state index contributed by atoms with van der Waals surface area (Å²) < 4.78 is 0. The first-order valence-corrected chi connectivity index (χ1v) is 8.26. The van der Waals surface area contributed by atoms with Crippen LogP contribution in [0.15, 0.2) is 24.3 Å². The second kappa shape index (κ2) is 6.63. The van der Waals surface area contributed by atoms with Gasteiger partial charge in [-0.05, 0) is 42.6 Å². The standard InChI is InChI=1S/C16H25NS/c1-12(2)14-6-8-15(9-7-14)13(3)17-16-5-4-10-18-11-16/h6-9,12-13,16-17H,4-5,10-11H2,1-3H3. The summed E-state index contributed by atoms with van der Waals surface area (Å²) in [5.41, 5.74) is 2.84. The maximum atomic E-state index is 3.76. The zero-order chi connectivity index (χ0) is 13.0. The Morgan fingerprint density at radius 1 is 1.11 bits per heavy atom. The van der Waals surface area contributed by atoms with Crippen molar-refractivity contribution in [1.82, 2.24) is 5.32 Å². The minimum absolute atomic E-state index is 0.468. The molecule has 0 bridgehead atoms. The molecule has 1 aromatic carbocycles. The molecule has 0 radical (unpaired) electrons. The van der Waals surface area contributed by atoms with E-state index in [2.05, 4.69) is 62.1 Å². The topological polar surface area (TPSA) is 12.0 Å². The van der Waals surface area contributed by atoms with Crippen molar-refractivity contribution in [3.8, 4) is 0 Å². The number of benzene rings is 1. The van der Waals surface area contributed by atoms with Crippen molar-refractivity contribution >= 4 is 11.8 Å². The van der Waals surface area contributed by atoms with E-state index >= 15 is 0 Å². The van der Waals surface area contributed by atoms with Crippen LogP contribution in [0.1, 0.15) is 56.7 Å². The van der Waals surface area contributed by atoms with Gasteiger partial charge in [-0.1, -0.05) is 38.1 Å². The number of hydrogen-bond acceptors (Lipinski definition) is 2. The highest BCUT2D eigenvalue weighted by Gasteiger charge is 2.16. The molecule has 2 unspecified atom stereocenters. The maximum Gasteiger partial charge on any atom is 0.0294 e. The summed E-state index contributed by atoms with van der Waals surface area (Å²) >= 11 is 2.08. The smallest absolute Gasteiger partial charge is 0.0294 e. The molecule has 1 N–H and O–H groups in total. The molecule has 2 rings (SSSR count). The summed E-state index contributed by atoms with van der Waals surface area (Å²) in [5.74, 6) is 3.24. The highest BCUT2D eigenvalue weighted by Crippen LogP contribution is 2.22. The van der Waals surface area contributed by atoms with Crippen LogP contribution in [0.25, 0.3) is 0 Å². The molecule has 1 aliphatic heterocycles. The first kappa shape index (κ1) is 14.0. The molecular formula is C16H25NS. The molecule has 0 aromatic heterocycles. The van der Waals surface area contributed by atoms with Gasteiger partial charge in [0.15, 0.2) is 0 Å². The first-order chi connectivity index (χ1) is 8.66. The lowest BCUT2D eigenvalue weighted by atomic mass is 9.99. The van der Waals surface area contributed by atoms with E-state index in [-0.39, 0.29) is 0 Å². The average molecular weight is 263 g/mol. The quantitative estimate of drug-likeness (QED) is 0.866. The molecule has 1 fully saturated rings. The molecule has 0 spiro atoms. The molecule has 1 aromatic rings. The molecule has 1 heterocycles. The van der Waals surface area contributed by atoms with Crippen LogP contribution in [0, 0.1) is 0 Å². The Morgan fingerprint density at radius 3 is 2.33 bits per heavy atom. The fourth-order valence-electron chi connectivity index (χ4n) is 2.49. The van der Waals surface area contributed by atoms with Crippen molar-refractivity contribution < 1.29 is 0 Å². The van der Waals surface area contributed by atoms with Gasteiger partial charge in [-0.15, -0.1) is 0 Å². The van der Waals surface area contributed by atoms with Gasteiger partial charge in [-0.25, -0.2) is 0 Å². The van der Waals surface area contributed by atoms with Crippen LogP contribution in [-0.2, 0) is 0 Å². The van der Waals surface area contributed by atoms with Crippen molar-refractivity contribution in [2.75, 3.05) is 11.5 Å². The van der Waals surface area contributed by atoms with E-state index in [0.717, 1.165) is 0 Å². The summed E-state index contributed by atoms with van der Waals surface area (Å²) in [6.07, 6.45) is 2.70. The maximum absolute atomic E-state index is 3.76. The van der Waals surface area contributed by atoms with Gasteiger partial charge in [0, 0.05) is 17.8 Å². The lowest BCUT2D eigenvalue weighted by Crippen LogP contribution is -2.35. The molecular weight excluding hydrogens is 238 g/mol. The van der Waals surface area contributed by atoms with Crippen molar-refractivity contribution in [3.63, 3.8) is 0 Å².